The molecule has 0 bridgehead atoms. The van der Waals surface area contributed by atoms with Crippen molar-refractivity contribution in [3.63, 3.8) is 0 Å². The van der Waals surface area contributed by atoms with E-state index in [2.05, 4.69) is 24.0 Å². The molecular formula is C15H21FN2O. The van der Waals surface area contributed by atoms with E-state index in [9.17, 15) is 4.39 Å². The third-order valence-electron chi connectivity index (χ3n) is 4.08. The maximum Gasteiger partial charge on any atom is 0.125 e. The lowest BCUT2D eigenvalue weighted by atomic mass is 9.95. The second kappa shape index (κ2) is 5.55. The minimum atomic E-state index is -0.646. The van der Waals surface area contributed by atoms with Crippen LogP contribution in [0.4, 0.5) is 4.39 Å². The molecule has 2 saturated heterocycles. The first-order chi connectivity index (χ1) is 9.26. The molecule has 3 nitrogen and oxygen atoms in total. The van der Waals surface area contributed by atoms with Gasteiger partial charge in [0.15, 0.2) is 0 Å². The molecule has 4 heteroatoms. The van der Waals surface area contributed by atoms with Crippen LogP contribution in [0.25, 0.3) is 0 Å². The molecule has 0 aliphatic carbocycles. The lowest BCUT2D eigenvalue weighted by Gasteiger charge is -2.34. The van der Waals surface area contributed by atoms with Crippen LogP contribution >= 0.6 is 0 Å². The number of hydrogen-bond acceptors (Lipinski definition) is 3. The van der Waals surface area contributed by atoms with Gasteiger partial charge in [0.05, 0.1) is 12.3 Å². The molecule has 0 amide bonds. The summed E-state index contributed by atoms with van der Waals surface area (Å²) in [6.45, 7) is 5.64. The molecule has 0 unspecified atom stereocenters. The molecule has 3 heterocycles. The number of nitrogens with zero attached hydrogens (tertiary/aromatic N) is 2. The van der Waals surface area contributed by atoms with Crippen LogP contribution in [0.1, 0.15) is 36.2 Å². The zero-order valence-corrected chi connectivity index (χ0v) is 11.4. The third kappa shape index (κ3) is 2.79. The summed E-state index contributed by atoms with van der Waals surface area (Å²) in [7, 11) is 0. The van der Waals surface area contributed by atoms with E-state index >= 15 is 0 Å². The Bertz CT molecular complexity index is 440. The van der Waals surface area contributed by atoms with Crippen LogP contribution in [-0.2, 0) is 17.7 Å². The van der Waals surface area contributed by atoms with Gasteiger partial charge >= 0.3 is 0 Å². The van der Waals surface area contributed by atoms with Crippen molar-refractivity contribution in [3.8, 4) is 0 Å². The number of aromatic nitrogens is 1. The Hall–Kier alpha value is -1.00. The van der Waals surface area contributed by atoms with Crippen LogP contribution < -0.4 is 0 Å². The maximum atomic E-state index is 12.9. The van der Waals surface area contributed by atoms with Gasteiger partial charge in [0.25, 0.3) is 0 Å². The molecule has 0 aromatic carbocycles. The van der Waals surface area contributed by atoms with E-state index in [4.69, 9.17) is 9.72 Å². The summed E-state index contributed by atoms with van der Waals surface area (Å²) in [6, 6.07) is 4.32. The van der Waals surface area contributed by atoms with Crippen LogP contribution in [0, 0.1) is 0 Å². The lowest BCUT2D eigenvalue weighted by Crippen LogP contribution is -2.47. The van der Waals surface area contributed by atoms with Crippen molar-refractivity contribution in [1.29, 1.82) is 0 Å². The first kappa shape index (κ1) is 13.0. The number of rotatable bonds is 4. The van der Waals surface area contributed by atoms with Gasteiger partial charge in [-0.2, -0.15) is 0 Å². The van der Waals surface area contributed by atoms with Crippen molar-refractivity contribution in [2.75, 3.05) is 26.3 Å². The van der Waals surface area contributed by atoms with Crippen molar-refractivity contribution in [2.24, 2.45) is 0 Å². The smallest absolute Gasteiger partial charge is 0.125 e. The van der Waals surface area contributed by atoms with Crippen molar-refractivity contribution in [2.45, 2.75) is 38.4 Å². The molecule has 2 aliphatic rings. The van der Waals surface area contributed by atoms with Crippen LogP contribution in [0.5, 0.6) is 0 Å². The summed E-state index contributed by atoms with van der Waals surface area (Å²) in [5.41, 5.74) is 3.55. The number of alkyl halides is 1. The standard InChI is InChI=1S/C15H21FN2O/c1-2-13-3-4-14(11-5-6-19-10-11)15(17-13)9-18-7-12(16)8-18/h3-4,11-12H,2,5-10H2,1H3/t11-/m0/s1. The quantitative estimate of drug-likeness (QED) is 0.834. The van der Waals surface area contributed by atoms with Crippen LogP contribution in [0.3, 0.4) is 0 Å². The van der Waals surface area contributed by atoms with E-state index in [0.717, 1.165) is 44.0 Å². The zero-order chi connectivity index (χ0) is 13.2. The van der Waals surface area contributed by atoms with Gasteiger partial charge in [-0.05, 0) is 24.5 Å². The zero-order valence-electron chi connectivity index (χ0n) is 11.4. The first-order valence-electron chi connectivity index (χ1n) is 7.19. The summed E-state index contributed by atoms with van der Waals surface area (Å²) in [5, 5.41) is 0. The molecule has 0 spiro atoms. The Morgan fingerprint density at radius 2 is 2.26 bits per heavy atom. The van der Waals surface area contributed by atoms with Crippen molar-refractivity contribution < 1.29 is 9.13 Å². The van der Waals surface area contributed by atoms with Gasteiger partial charge in [-0.15, -0.1) is 0 Å². The Morgan fingerprint density at radius 1 is 1.42 bits per heavy atom. The van der Waals surface area contributed by atoms with Crippen LogP contribution in [-0.4, -0.2) is 42.4 Å². The highest BCUT2D eigenvalue weighted by Crippen LogP contribution is 2.29. The molecule has 1 aromatic heterocycles. The van der Waals surface area contributed by atoms with Gasteiger partial charge in [0.2, 0.25) is 0 Å². The monoisotopic (exact) mass is 264 g/mol. The molecule has 2 aliphatic heterocycles. The highest BCUT2D eigenvalue weighted by Gasteiger charge is 2.28. The number of aryl methyl sites for hydroxylation is 1. The fourth-order valence-electron chi connectivity index (χ4n) is 2.88. The van der Waals surface area contributed by atoms with Gasteiger partial charge in [0.1, 0.15) is 6.17 Å². The summed E-state index contributed by atoms with van der Waals surface area (Å²) in [4.78, 5) is 6.89. The van der Waals surface area contributed by atoms with E-state index in [1.54, 1.807) is 0 Å². The second-order valence-electron chi connectivity index (χ2n) is 5.54. The predicted molar refractivity (Wildman–Crippen MR) is 72.0 cm³/mol. The molecular weight excluding hydrogens is 243 g/mol. The Balaban J connectivity index is 1.80. The van der Waals surface area contributed by atoms with Crippen molar-refractivity contribution in [1.82, 2.24) is 9.88 Å². The second-order valence-corrected chi connectivity index (χ2v) is 5.54. The van der Waals surface area contributed by atoms with Crippen LogP contribution in [0.2, 0.25) is 0 Å². The molecule has 0 radical (unpaired) electrons. The maximum absolute atomic E-state index is 12.9. The lowest BCUT2D eigenvalue weighted by molar-refractivity contribution is 0.0576. The Kier molecular flexibility index (Phi) is 3.80. The van der Waals surface area contributed by atoms with E-state index in [-0.39, 0.29) is 0 Å². The average Bonchev–Trinajstić information content (AvgIpc) is 2.90. The SMILES string of the molecule is CCc1ccc([C@H]2CCOC2)c(CN2CC(F)C2)n1. The van der Waals surface area contributed by atoms with Gasteiger partial charge in [-0.3, -0.25) is 9.88 Å². The fourth-order valence-corrected chi connectivity index (χ4v) is 2.88. The molecule has 104 valence electrons. The number of halogens is 1. The van der Waals surface area contributed by atoms with Crippen molar-refractivity contribution >= 4 is 0 Å². The highest BCUT2D eigenvalue weighted by molar-refractivity contribution is 5.28. The summed E-state index contributed by atoms with van der Waals surface area (Å²) in [6.07, 6.45) is 1.37. The minimum absolute atomic E-state index is 0.468. The fraction of sp³-hybridized carbons (Fsp3) is 0.667. The number of pyridine rings is 1. The molecule has 1 atom stereocenters. The summed E-state index contributed by atoms with van der Waals surface area (Å²) < 4.78 is 18.4. The van der Waals surface area contributed by atoms with Gasteiger partial charge < -0.3 is 4.74 Å². The summed E-state index contributed by atoms with van der Waals surface area (Å²) >= 11 is 0. The molecule has 0 saturated carbocycles. The van der Waals surface area contributed by atoms with Gasteiger partial charge in [-0.25, -0.2) is 4.39 Å². The third-order valence-corrected chi connectivity index (χ3v) is 4.08. The van der Waals surface area contributed by atoms with Crippen LogP contribution in [0.15, 0.2) is 12.1 Å². The first-order valence-corrected chi connectivity index (χ1v) is 7.19. The topological polar surface area (TPSA) is 25.4 Å². The minimum Gasteiger partial charge on any atom is -0.381 e. The van der Waals surface area contributed by atoms with E-state index < -0.39 is 6.17 Å². The molecule has 2 fully saturated rings. The predicted octanol–water partition coefficient (Wildman–Crippen LogP) is 2.30. The number of likely N-dealkylation sites (tertiary alicyclic amines) is 1. The largest absolute Gasteiger partial charge is 0.381 e. The number of hydrogen-bond donors (Lipinski definition) is 0. The molecule has 3 rings (SSSR count). The highest BCUT2D eigenvalue weighted by atomic mass is 19.1. The molecule has 19 heavy (non-hydrogen) atoms. The van der Waals surface area contributed by atoms with Crippen molar-refractivity contribution in [3.05, 3.63) is 29.1 Å². The average molecular weight is 264 g/mol. The number of ether oxygens (including phenoxy) is 1. The Morgan fingerprint density at radius 3 is 2.89 bits per heavy atom. The Labute approximate surface area is 113 Å². The van der Waals surface area contributed by atoms with Gasteiger partial charge in [-0.1, -0.05) is 13.0 Å². The van der Waals surface area contributed by atoms with E-state index in [0.29, 0.717) is 19.0 Å². The normalized spacial score (nSPS) is 24.6. The van der Waals surface area contributed by atoms with E-state index in [1.807, 2.05) is 0 Å². The van der Waals surface area contributed by atoms with E-state index in [1.165, 1.54) is 5.56 Å². The summed E-state index contributed by atoms with van der Waals surface area (Å²) in [5.74, 6) is 0.468. The molecule has 1 aromatic rings. The van der Waals surface area contributed by atoms with Gasteiger partial charge in [0, 0.05) is 37.9 Å². The molecule has 0 N–H and O–H groups in total.